The average Bonchev–Trinajstić information content (AvgIpc) is 3.51. The first-order valence-corrected chi connectivity index (χ1v) is 13.5. The molecule has 7 nitrogen and oxygen atoms in total. The number of amidine groups is 1. The van der Waals surface area contributed by atoms with Crippen molar-refractivity contribution in [1.29, 1.82) is 0 Å². The molecule has 0 unspecified atom stereocenters. The molecule has 2 atom stereocenters. The van der Waals surface area contributed by atoms with Crippen LogP contribution in [0.5, 0.6) is 5.75 Å². The summed E-state index contributed by atoms with van der Waals surface area (Å²) in [6.45, 7) is 3.94. The highest BCUT2D eigenvalue weighted by Gasteiger charge is 2.39. The second kappa shape index (κ2) is 11.0. The number of anilines is 1. The summed E-state index contributed by atoms with van der Waals surface area (Å²) in [5.41, 5.74) is 5.64. The van der Waals surface area contributed by atoms with E-state index >= 15 is 0 Å². The molecule has 1 N–H and O–H groups in total. The smallest absolute Gasteiger partial charge is 0.262 e. The second-order valence-electron chi connectivity index (χ2n) is 9.31. The molecule has 0 bridgehead atoms. The number of aliphatic imine (C=N–C) groups is 1. The monoisotopic (exact) mass is 546 g/mol. The summed E-state index contributed by atoms with van der Waals surface area (Å²) in [5.74, 6) is 0.165. The van der Waals surface area contributed by atoms with Crippen LogP contribution in [0.15, 0.2) is 76.8 Å². The predicted molar refractivity (Wildman–Crippen MR) is 153 cm³/mol. The van der Waals surface area contributed by atoms with Crippen LogP contribution < -0.4 is 10.1 Å². The van der Waals surface area contributed by atoms with Crippen LogP contribution in [0.1, 0.15) is 41.1 Å². The van der Waals surface area contributed by atoms with E-state index in [9.17, 15) is 9.59 Å². The number of thioether (sulfide) groups is 1. The number of aryl methyl sites for hydroxylation is 2. The molecule has 2 amide bonds. The molecule has 0 fully saturated rings. The summed E-state index contributed by atoms with van der Waals surface area (Å²) < 4.78 is 5.29. The van der Waals surface area contributed by atoms with E-state index in [4.69, 9.17) is 21.4 Å². The Morgan fingerprint density at radius 1 is 1.11 bits per heavy atom. The summed E-state index contributed by atoms with van der Waals surface area (Å²) >= 11 is 7.45. The topological polar surface area (TPSA) is 83.4 Å². The minimum atomic E-state index is -0.621. The summed E-state index contributed by atoms with van der Waals surface area (Å²) in [6, 6.07) is 21.3. The molecule has 0 radical (unpaired) electrons. The Kier molecular flexibility index (Phi) is 7.53. The van der Waals surface area contributed by atoms with Gasteiger partial charge in [-0.25, -0.2) is 5.01 Å². The lowest BCUT2D eigenvalue weighted by molar-refractivity contribution is -0.121. The van der Waals surface area contributed by atoms with E-state index in [1.807, 2.05) is 49.2 Å². The van der Waals surface area contributed by atoms with Gasteiger partial charge in [-0.2, -0.15) is 10.1 Å². The summed E-state index contributed by atoms with van der Waals surface area (Å²) in [4.78, 5) is 29.9. The maximum absolute atomic E-state index is 12.8. The number of hydrogen-bond donors (Lipinski definition) is 1. The highest BCUT2D eigenvalue weighted by Crippen LogP contribution is 2.39. The Morgan fingerprint density at radius 3 is 2.53 bits per heavy atom. The van der Waals surface area contributed by atoms with Gasteiger partial charge in [0, 0.05) is 23.6 Å². The van der Waals surface area contributed by atoms with Crippen molar-refractivity contribution in [3.05, 3.63) is 94.0 Å². The quantitative estimate of drug-likeness (QED) is 0.401. The number of hydrazone groups is 1. The molecule has 2 heterocycles. The summed E-state index contributed by atoms with van der Waals surface area (Å²) in [6.07, 6.45) is 0.655. The maximum atomic E-state index is 12.8. The van der Waals surface area contributed by atoms with E-state index in [-0.39, 0.29) is 24.3 Å². The van der Waals surface area contributed by atoms with E-state index in [1.165, 1.54) is 17.3 Å². The van der Waals surface area contributed by atoms with Crippen LogP contribution in [0.2, 0.25) is 5.02 Å². The minimum absolute atomic E-state index is 0.0000845. The van der Waals surface area contributed by atoms with Crippen molar-refractivity contribution in [3.63, 3.8) is 0 Å². The van der Waals surface area contributed by atoms with E-state index in [1.54, 1.807) is 19.2 Å². The fourth-order valence-electron chi connectivity index (χ4n) is 4.35. The normalized spacial score (nSPS) is 18.8. The van der Waals surface area contributed by atoms with Gasteiger partial charge in [-0.3, -0.25) is 9.59 Å². The van der Waals surface area contributed by atoms with E-state index in [0.29, 0.717) is 22.3 Å². The molecule has 0 spiro atoms. The van der Waals surface area contributed by atoms with Gasteiger partial charge < -0.3 is 10.1 Å². The number of benzene rings is 3. The summed E-state index contributed by atoms with van der Waals surface area (Å²) in [7, 11) is 1.64. The fraction of sp³-hybridized carbons (Fsp3) is 0.241. The van der Waals surface area contributed by atoms with Gasteiger partial charge in [-0.05, 0) is 66.9 Å². The number of rotatable bonds is 6. The van der Waals surface area contributed by atoms with Crippen molar-refractivity contribution in [2.45, 2.75) is 38.0 Å². The first kappa shape index (κ1) is 26.0. The molecule has 2 aliphatic rings. The first-order valence-electron chi connectivity index (χ1n) is 12.2. The first-order chi connectivity index (χ1) is 18.3. The van der Waals surface area contributed by atoms with Gasteiger partial charge in [0.05, 0.1) is 18.9 Å². The molecule has 2 aliphatic heterocycles. The number of amides is 2. The number of nitrogens with zero attached hydrogens (tertiary/aromatic N) is 3. The lowest BCUT2D eigenvalue weighted by Gasteiger charge is -2.23. The maximum Gasteiger partial charge on any atom is 0.262 e. The number of carbonyl (C=O) groups is 2. The van der Waals surface area contributed by atoms with Crippen molar-refractivity contribution in [3.8, 4) is 5.75 Å². The fourth-order valence-corrected chi connectivity index (χ4v) is 5.59. The average molecular weight is 547 g/mol. The molecule has 3 aromatic rings. The van der Waals surface area contributed by atoms with E-state index in [0.717, 1.165) is 28.2 Å². The predicted octanol–water partition coefficient (Wildman–Crippen LogP) is 6.14. The Morgan fingerprint density at radius 2 is 1.84 bits per heavy atom. The van der Waals surface area contributed by atoms with Crippen LogP contribution in [0.4, 0.5) is 5.69 Å². The van der Waals surface area contributed by atoms with Gasteiger partial charge in [-0.1, -0.05) is 59.3 Å². The molecule has 194 valence electrons. The van der Waals surface area contributed by atoms with Crippen molar-refractivity contribution in [1.82, 2.24) is 5.01 Å². The van der Waals surface area contributed by atoms with Crippen molar-refractivity contribution < 1.29 is 14.3 Å². The standard InChI is InChI=1S/C29H27ClN4O3S/c1-17-4-7-20(8-5-17)25-15-24(19-9-12-22(37-3)13-10-19)33-34(25)29-32-28(36)26(38-29)16-27(35)31-21-11-6-18(2)23(30)14-21/h4-14,25-26H,15-16H2,1-3H3,(H,31,35)/t25-,26-/m0/s1. The number of carbonyl (C=O) groups excluding carboxylic acids is 2. The number of halogens is 1. The zero-order valence-corrected chi connectivity index (χ0v) is 22.8. The molecule has 3 aromatic carbocycles. The van der Waals surface area contributed by atoms with Crippen LogP contribution in [0.3, 0.4) is 0 Å². The van der Waals surface area contributed by atoms with Crippen LogP contribution in [-0.4, -0.2) is 40.1 Å². The Bertz CT molecular complexity index is 1440. The number of hydrogen-bond acceptors (Lipinski definition) is 6. The summed E-state index contributed by atoms with van der Waals surface area (Å²) in [5, 5.41) is 10.0. The third-order valence-electron chi connectivity index (χ3n) is 6.55. The van der Waals surface area contributed by atoms with Crippen molar-refractivity contribution in [2.75, 3.05) is 12.4 Å². The molecule has 0 aromatic heterocycles. The van der Waals surface area contributed by atoms with Gasteiger partial charge in [0.25, 0.3) is 5.91 Å². The van der Waals surface area contributed by atoms with Crippen LogP contribution in [0.25, 0.3) is 0 Å². The lowest BCUT2D eigenvalue weighted by Crippen LogP contribution is -2.25. The number of methoxy groups -OCH3 is 1. The third-order valence-corrected chi connectivity index (χ3v) is 8.10. The third kappa shape index (κ3) is 5.61. The Labute approximate surface area is 230 Å². The molecular weight excluding hydrogens is 520 g/mol. The molecule has 5 rings (SSSR count). The molecular formula is C29H27ClN4O3S. The van der Waals surface area contributed by atoms with Gasteiger partial charge in [0.1, 0.15) is 11.0 Å². The largest absolute Gasteiger partial charge is 0.497 e. The number of ether oxygens (including phenoxy) is 1. The van der Waals surface area contributed by atoms with Gasteiger partial charge in [0.2, 0.25) is 5.91 Å². The highest BCUT2D eigenvalue weighted by atomic mass is 35.5. The molecule has 0 aliphatic carbocycles. The molecule has 0 saturated heterocycles. The van der Waals surface area contributed by atoms with Gasteiger partial charge in [0.15, 0.2) is 5.17 Å². The molecule has 9 heteroatoms. The number of nitrogens with one attached hydrogen (secondary N) is 1. The van der Waals surface area contributed by atoms with Crippen LogP contribution in [0, 0.1) is 13.8 Å². The minimum Gasteiger partial charge on any atom is -0.497 e. The SMILES string of the molecule is COc1ccc(C2=NN(C3=NC(=O)[C@H](CC(=O)Nc4ccc(C)c(Cl)c4)S3)[C@H](c3ccc(C)cc3)C2)cc1. The molecule has 0 saturated carbocycles. The Hall–Kier alpha value is -3.62. The van der Waals surface area contributed by atoms with Crippen LogP contribution in [-0.2, 0) is 9.59 Å². The zero-order valence-electron chi connectivity index (χ0n) is 21.3. The van der Waals surface area contributed by atoms with E-state index < -0.39 is 5.25 Å². The van der Waals surface area contributed by atoms with Crippen molar-refractivity contribution >= 4 is 51.7 Å². The van der Waals surface area contributed by atoms with Gasteiger partial charge >= 0.3 is 0 Å². The van der Waals surface area contributed by atoms with E-state index in [2.05, 4.69) is 34.6 Å². The molecule has 38 heavy (non-hydrogen) atoms. The van der Waals surface area contributed by atoms with Crippen LogP contribution >= 0.6 is 23.4 Å². The zero-order chi connectivity index (χ0) is 26.8. The Balaban J connectivity index is 1.34. The van der Waals surface area contributed by atoms with Crippen molar-refractivity contribution in [2.24, 2.45) is 10.1 Å². The van der Waals surface area contributed by atoms with Gasteiger partial charge in [-0.15, -0.1) is 0 Å². The second-order valence-corrected chi connectivity index (χ2v) is 10.9. The lowest BCUT2D eigenvalue weighted by atomic mass is 9.98. The highest BCUT2D eigenvalue weighted by molar-refractivity contribution is 8.15.